The second kappa shape index (κ2) is 15.6. The molecule has 24 heavy (non-hydrogen) atoms. The van der Waals surface area contributed by atoms with Crippen LogP contribution in [-0.4, -0.2) is 75.0 Å². The van der Waals surface area contributed by atoms with Crippen molar-refractivity contribution < 1.29 is 4.79 Å². The summed E-state index contributed by atoms with van der Waals surface area (Å²) in [5, 5.41) is 0. The highest BCUT2D eigenvalue weighted by Gasteiger charge is 2.10. The normalized spacial score (nSPS) is 11.8. The Bertz CT molecular complexity index is 313. The summed E-state index contributed by atoms with van der Waals surface area (Å²) in [6.45, 7) is 5.99. The number of carbonyl (C=O) groups is 1. The predicted molar refractivity (Wildman–Crippen MR) is 105 cm³/mol. The zero-order chi connectivity index (χ0) is 18.2. The van der Waals surface area contributed by atoms with E-state index < -0.39 is 0 Å². The quantitative estimate of drug-likeness (QED) is 0.337. The van der Waals surface area contributed by atoms with Gasteiger partial charge in [-0.1, -0.05) is 38.7 Å². The lowest BCUT2D eigenvalue weighted by Crippen LogP contribution is -2.34. The SMILES string of the molecule is CCCCCCC/C=C/C(=O)N(CCCN(C)C)CCCN(C)C. The lowest BCUT2D eigenvalue weighted by molar-refractivity contribution is -0.126. The minimum absolute atomic E-state index is 0.182. The van der Waals surface area contributed by atoms with Gasteiger partial charge in [0.2, 0.25) is 5.91 Å². The van der Waals surface area contributed by atoms with Crippen molar-refractivity contribution in [2.24, 2.45) is 0 Å². The van der Waals surface area contributed by atoms with E-state index in [9.17, 15) is 4.79 Å². The first kappa shape index (κ1) is 23.1. The van der Waals surface area contributed by atoms with Gasteiger partial charge < -0.3 is 14.7 Å². The largest absolute Gasteiger partial charge is 0.339 e. The minimum Gasteiger partial charge on any atom is -0.339 e. The van der Waals surface area contributed by atoms with Crippen molar-refractivity contribution in [3.63, 3.8) is 0 Å². The molecule has 0 aromatic carbocycles. The molecule has 0 saturated carbocycles. The molecule has 0 N–H and O–H groups in total. The Labute approximate surface area is 150 Å². The number of nitrogens with zero attached hydrogens (tertiary/aromatic N) is 3. The lowest BCUT2D eigenvalue weighted by atomic mass is 10.1. The molecule has 4 nitrogen and oxygen atoms in total. The van der Waals surface area contributed by atoms with E-state index in [1.807, 2.05) is 4.90 Å². The Morgan fingerprint density at radius 2 is 1.29 bits per heavy atom. The molecule has 0 radical (unpaired) electrons. The fourth-order valence-corrected chi connectivity index (χ4v) is 2.64. The molecule has 1 amide bonds. The summed E-state index contributed by atoms with van der Waals surface area (Å²) in [5.41, 5.74) is 0. The number of amides is 1. The van der Waals surface area contributed by atoms with Crippen molar-refractivity contribution in [1.29, 1.82) is 0 Å². The van der Waals surface area contributed by atoms with Crippen LogP contribution in [0.3, 0.4) is 0 Å². The van der Waals surface area contributed by atoms with E-state index in [-0.39, 0.29) is 5.91 Å². The van der Waals surface area contributed by atoms with Gasteiger partial charge >= 0.3 is 0 Å². The third kappa shape index (κ3) is 14.7. The molecule has 0 atom stereocenters. The van der Waals surface area contributed by atoms with Gasteiger partial charge in [0.05, 0.1) is 0 Å². The first-order valence-electron chi connectivity index (χ1n) is 9.72. The number of hydrogen-bond donors (Lipinski definition) is 0. The molecule has 0 unspecified atom stereocenters. The third-order valence-electron chi connectivity index (χ3n) is 4.11. The maximum Gasteiger partial charge on any atom is 0.246 e. The lowest BCUT2D eigenvalue weighted by Gasteiger charge is -2.23. The number of allylic oxidation sites excluding steroid dienone is 1. The predicted octanol–water partition coefficient (Wildman–Crippen LogP) is 3.64. The maximum absolute atomic E-state index is 12.4. The molecule has 0 aliphatic heterocycles. The van der Waals surface area contributed by atoms with Gasteiger partial charge in [-0.25, -0.2) is 0 Å². The van der Waals surface area contributed by atoms with Crippen molar-refractivity contribution in [2.45, 2.75) is 58.3 Å². The highest BCUT2D eigenvalue weighted by molar-refractivity contribution is 5.87. The van der Waals surface area contributed by atoms with Crippen molar-refractivity contribution in [3.05, 3.63) is 12.2 Å². The van der Waals surface area contributed by atoms with Gasteiger partial charge in [-0.05, 0) is 73.0 Å². The highest BCUT2D eigenvalue weighted by Crippen LogP contribution is 2.06. The first-order chi connectivity index (χ1) is 11.5. The molecule has 4 heteroatoms. The third-order valence-corrected chi connectivity index (χ3v) is 4.11. The number of carbonyl (C=O) groups excluding carboxylic acids is 1. The van der Waals surface area contributed by atoms with E-state index in [1.165, 1.54) is 32.1 Å². The first-order valence-corrected chi connectivity index (χ1v) is 9.72. The Kier molecular flexibility index (Phi) is 15.1. The zero-order valence-electron chi connectivity index (χ0n) is 16.9. The van der Waals surface area contributed by atoms with Gasteiger partial charge in [0, 0.05) is 13.1 Å². The molecule has 0 aliphatic rings. The number of unbranched alkanes of at least 4 members (excludes halogenated alkanes) is 5. The smallest absolute Gasteiger partial charge is 0.246 e. The number of rotatable bonds is 15. The molecule has 142 valence electrons. The summed E-state index contributed by atoms with van der Waals surface area (Å²) in [5.74, 6) is 0.182. The summed E-state index contributed by atoms with van der Waals surface area (Å²) >= 11 is 0. The molecule has 0 spiro atoms. The van der Waals surface area contributed by atoms with Crippen molar-refractivity contribution in [2.75, 3.05) is 54.4 Å². The van der Waals surface area contributed by atoms with E-state index in [2.05, 4.69) is 51.0 Å². The van der Waals surface area contributed by atoms with Crippen LogP contribution in [0.2, 0.25) is 0 Å². The minimum atomic E-state index is 0.182. The Hall–Kier alpha value is -0.870. The van der Waals surface area contributed by atoms with Crippen LogP contribution in [0.1, 0.15) is 58.3 Å². The highest BCUT2D eigenvalue weighted by atomic mass is 16.2. The zero-order valence-corrected chi connectivity index (χ0v) is 16.9. The Morgan fingerprint density at radius 3 is 1.79 bits per heavy atom. The second-order valence-corrected chi connectivity index (χ2v) is 7.24. The summed E-state index contributed by atoms with van der Waals surface area (Å²) < 4.78 is 0. The Balaban J connectivity index is 4.17. The Morgan fingerprint density at radius 1 is 0.750 bits per heavy atom. The van der Waals surface area contributed by atoms with Gasteiger partial charge in [-0.3, -0.25) is 4.79 Å². The molecule has 0 bridgehead atoms. The van der Waals surface area contributed by atoms with Crippen LogP contribution in [0.25, 0.3) is 0 Å². The van der Waals surface area contributed by atoms with Crippen LogP contribution < -0.4 is 0 Å². The summed E-state index contributed by atoms with van der Waals surface area (Å²) in [7, 11) is 8.32. The van der Waals surface area contributed by atoms with E-state index in [1.54, 1.807) is 6.08 Å². The van der Waals surface area contributed by atoms with Gasteiger partial charge in [-0.2, -0.15) is 0 Å². The van der Waals surface area contributed by atoms with Crippen LogP contribution in [-0.2, 0) is 4.79 Å². The van der Waals surface area contributed by atoms with Crippen molar-refractivity contribution in [3.8, 4) is 0 Å². The van der Waals surface area contributed by atoms with E-state index in [0.29, 0.717) is 0 Å². The van der Waals surface area contributed by atoms with Crippen LogP contribution in [0, 0.1) is 0 Å². The fraction of sp³-hybridized carbons (Fsp3) is 0.850. The van der Waals surface area contributed by atoms with E-state index in [0.717, 1.165) is 45.4 Å². The van der Waals surface area contributed by atoms with Crippen LogP contribution in [0.15, 0.2) is 12.2 Å². The molecule has 0 rings (SSSR count). The standard InChI is InChI=1S/C20H41N3O/c1-6-7-8-9-10-11-12-15-20(24)23(18-13-16-21(2)3)19-14-17-22(4)5/h12,15H,6-11,13-14,16-19H2,1-5H3/b15-12+. The van der Waals surface area contributed by atoms with E-state index in [4.69, 9.17) is 0 Å². The van der Waals surface area contributed by atoms with Crippen molar-refractivity contribution >= 4 is 5.91 Å². The maximum atomic E-state index is 12.4. The van der Waals surface area contributed by atoms with Gasteiger partial charge in [-0.15, -0.1) is 0 Å². The molecule has 0 saturated heterocycles. The molecular weight excluding hydrogens is 298 g/mol. The van der Waals surface area contributed by atoms with Gasteiger partial charge in [0.15, 0.2) is 0 Å². The molecule has 0 heterocycles. The van der Waals surface area contributed by atoms with Gasteiger partial charge in [0.1, 0.15) is 0 Å². The average molecular weight is 340 g/mol. The molecule has 0 aromatic rings. The summed E-state index contributed by atoms with van der Waals surface area (Å²) in [6.07, 6.45) is 13.4. The van der Waals surface area contributed by atoms with E-state index >= 15 is 0 Å². The topological polar surface area (TPSA) is 26.8 Å². The number of hydrogen-bond acceptors (Lipinski definition) is 3. The molecule has 0 fully saturated rings. The fourth-order valence-electron chi connectivity index (χ4n) is 2.64. The van der Waals surface area contributed by atoms with Crippen LogP contribution in [0.5, 0.6) is 0 Å². The molecule has 0 aliphatic carbocycles. The van der Waals surface area contributed by atoms with Crippen molar-refractivity contribution in [1.82, 2.24) is 14.7 Å². The second-order valence-electron chi connectivity index (χ2n) is 7.24. The summed E-state index contributed by atoms with van der Waals surface area (Å²) in [6, 6.07) is 0. The average Bonchev–Trinajstić information content (AvgIpc) is 2.51. The molecular formula is C20H41N3O. The van der Waals surface area contributed by atoms with Gasteiger partial charge in [0.25, 0.3) is 0 Å². The van der Waals surface area contributed by atoms with Crippen LogP contribution in [0.4, 0.5) is 0 Å². The van der Waals surface area contributed by atoms with Crippen LogP contribution >= 0.6 is 0 Å². The monoisotopic (exact) mass is 339 g/mol. The molecule has 0 aromatic heterocycles. The summed E-state index contributed by atoms with van der Waals surface area (Å²) in [4.78, 5) is 18.8.